The molecule has 1 fully saturated rings. The van der Waals surface area contributed by atoms with Crippen molar-refractivity contribution >= 4 is 27.7 Å². The molecule has 0 N–H and O–H groups in total. The lowest BCUT2D eigenvalue weighted by Gasteiger charge is -2.35. The van der Waals surface area contributed by atoms with Gasteiger partial charge in [-0.3, -0.25) is 9.59 Å². The van der Waals surface area contributed by atoms with Gasteiger partial charge in [-0.1, -0.05) is 13.8 Å². The van der Waals surface area contributed by atoms with Gasteiger partial charge in [-0.15, -0.1) is 0 Å². The highest BCUT2D eigenvalue weighted by Gasteiger charge is 2.24. The molecule has 1 saturated heterocycles. The molecule has 144 valence electrons. The van der Waals surface area contributed by atoms with Gasteiger partial charge in [0.15, 0.2) is 0 Å². The number of hydrogen-bond donors (Lipinski definition) is 0. The molecule has 0 bridgehead atoms. The minimum Gasteiger partial charge on any atom is -0.339 e. The van der Waals surface area contributed by atoms with Gasteiger partial charge < -0.3 is 9.80 Å². The number of piperazine rings is 1. The standard InChI is InChI=1S/C20H25BrN4O2/c1-15(2)3-8-19(26)23-9-11-24(12-10-23)20(27)16-4-6-18(7-5-16)25-14-17(21)13-22-25/h4-7,13-15H,3,8-12H2,1-2H3. The minimum absolute atomic E-state index is 0.0116. The summed E-state index contributed by atoms with van der Waals surface area (Å²) in [4.78, 5) is 28.7. The number of nitrogens with zero attached hydrogens (tertiary/aromatic N) is 4. The molecule has 1 aromatic carbocycles. The van der Waals surface area contributed by atoms with E-state index in [1.54, 1.807) is 10.9 Å². The zero-order chi connectivity index (χ0) is 19.4. The third-order valence-corrected chi connectivity index (χ3v) is 5.19. The highest BCUT2D eigenvalue weighted by molar-refractivity contribution is 9.10. The van der Waals surface area contributed by atoms with Crippen molar-refractivity contribution in [3.05, 3.63) is 46.7 Å². The number of hydrogen-bond acceptors (Lipinski definition) is 3. The van der Waals surface area contributed by atoms with Crippen molar-refractivity contribution in [3.63, 3.8) is 0 Å². The molecule has 0 atom stereocenters. The molecule has 27 heavy (non-hydrogen) atoms. The van der Waals surface area contributed by atoms with Gasteiger partial charge in [0, 0.05) is 44.4 Å². The van der Waals surface area contributed by atoms with E-state index in [-0.39, 0.29) is 11.8 Å². The second-order valence-corrected chi connectivity index (χ2v) is 8.17. The number of halogens is 1. The normalized spacial score (nSPS) is 14.7. The summed E-state index contributed by atoms with van der Waals surface area (Å²) in [6, 6.07) is 7.43. The van der Waals surface area contributed by atoms with E-state index >= 15 is 0 Å². The van der Waals surface area contributed by atoms with E-state index < -0.39 is 0 Å². The van der Waals surface area contributed by atoms with Gasteiger partial charge in [-0.25, -0.2) is 4.68 Å². The lowest BCUT2D eigenvalue weighted by molar-refractivity contribution is -0.132. The van der Waals surface area contributed by atoms with Gasteiger partial charge in [0.25, 0.3) is 5.91 Å². The minimum atomic E-state index is 0.0116. The first kappa shape index (κ1) is 19.6. The highest BCUT2D eigenvalue weighted by Crippen LogP contribution is 2.16. The first-order valence-corrected chi connectivity index (χ1v) is 10.1. The molecule has 2 amide bonds. The number of benzene rings is 1. The number of carbonyl (C=O) groups excluding carboxylic acids is 2. The van der Waals surface area contributed by atoms with Crippen molar-refractivity contribution < 1.29 is 9.59 Å². The Morgan fingerprint density at radius 2 is 1.70 bits per heavy atom. The first-order valence-electron chi connectivity index (χ1n) is 9.31. The van der Waals surface area contributed by atoms with E-state index in [9.17, 15) is 9.59 Å². The summed E-state index contributed by atoms with van der Waals surface area (Å²) < 4.78 is 2.66. The van der Waals surface area contributed by atoms with E-state index in [0.29, 0.717) is 44.1 Å². The van der Waals surface area contributed by atoms with Crippen molar-refractivity contribution in [1.82, 2.24) is 19.6 Å². The summed E-state index contributed by atoms with van der Waals surface area (Å²) in [5.41, 5.74) is 1.56. The SMILES string of the molecule is CC(C)CCC(=O)N1CCN(C(=O)c2ccc(-n3cc(Br)cn3)cc2)CC1. The Hall–Kier alpha value is -2.15. The van der Waals surface area contributed by atoms with Crippen molar-refractivity contribution in [2.24, 2.45) is 5.92 Å². The molecule has 0 aliphatic carbocycles. The number of aromatic nitrogens is 2. The van der Waals surface area contributed by atoms with Crippen LogP contribution in [0.2, 0.25) is 0 Å². The molecular formula is C20H25BrN4O2. The smallest absolute Gasteiger partial charge is 0.253 e. The van der Waals surface area contributed by atoms with E-state index in [0.717, 1.165) is 16.6 Å². The maximum Gasteiger partial charge on any atom is 0.253 e. The van der Waals surface area contributed by atoms with E-state index in [4.69, 9.17) is 0 Å². The van der Waals surface area contributed by atoms with Gasteiger partial charge >= 0.3 is 0 Å². The largest absolute Gasteiger partial charge is 0.339 e. The van der Waals surface area contributed by atoms with Crippen molar-refractivity contribution in [2.45, 2.75) is 26.7 Å². The summed E-state index contributed by atoms with van der Waals surface area (Å²) in [6.45, 7) is 6.64. The molecule has 1 aromatic heterocycles. The number of amides is 2. The van der Waals surface area contributed by atoms with Crippen LogP contribution in [0.25, 0.3) is 5.69 Å². The van der Waals surface area contributed by atoms with Gasteiger partial charge in [0.05, 0.1) is 16.4 Å². The molecule has 0 radical (unpaired) electrons. The van der Waals surface area contributed by atoms with E-state index in [1.807, 2.05) is 40.3 Å². The van der Waals surface area contributed by atoms with Crippen molar-refractivity contribution in [1.29, 1.82) is 0 Å². The van der Waals surface area contributed by atoms with Crippen LogP contribution in [0, 0.1) is 5.92 Å². The molecule has 2 heterocycles. The summed E-state index contributed by atoms with van der Waals surface area (Å²) in [6.07, 6.45) is 5.10. The molecule has 0 saturated carbocycles. The second kappa shape index (κ2) is 8.69. The van der Waals surface area contributed by atoms with Crippen LogP contribution < -0.4 is 0 Å². The third kappa shape index (κ3) is 4.97. The Balaban J connectivity index is 1.55. The Labute approximate surface area is 168 Å². The fourth-order valence-corrected chi connectivity index (χ4v) is 3.40. The average Bonchev–Trinajstić information content (AvgIpc) is 3.12. The van der Waals surface area contributed by atoms with Crippen molar-refractivity contribution in [3.8, 4) is 5.69 Å². The van der Waals surface area contributed by atoms with Crippen LogP contribution in [-0.4, -0.2) is 57.6 Å². The summed E-state index contributed by atoms with van der Waals surface area (Å²) in [5.74, 6) is 0.741. The lowest BCUT2D eigenvalue weighted by atomic mass is 10.1. The van der Waals surface area contributed by atoms with Crippen LogP contribution >= 0.6 is 15.9 Å². The maximum absolute atomic E-state index is 12.7. The van der Waals surface area contributed by atoms with Crippen LogP contribution in [0.1, 0.15) is 37.0 Å². The molecule has 7 heteroatoms. The van der Waals surface area contributed by atoms with Gasteiger partial charge in [0.2, 0.25) is 5.91 Å². The Morgan fingerprint density at radius 1 is 1.07 bits per heavy atom. The third-order valence-electron chi connectivity index (χ3n) is 4.79. The number of carbonyl (C=O) groups is 2. The molecule has 0 spiro atoms. The van der Waals surface area contributed by atoms with Gasteiger partial charge in [-0.05, 0) is 52.5 Å². The lowest BCUT2D eigenvalue weighted by Crippen LogP contribution is -2.50. The van der Waals surface area contributed by atoms with Crippen LogP contribution in [0.3, 0.4) is 0 Å². The predicted molar refractivity (Wildman–Crippen MR) is 108 cm³/mol. The second-order valence-electron chi connectivity index (χ2n) is 7.26. The molecular weight excluding hydrogens is 408 g/mol. The zero-order valence-electron chi connectivity index (χ0n) is 15.8. The Kier molecular flexibility index (Phi) is 6.31. The average molecular weight is 433 g/mol. The first-order chi connectivity index (χ1) is 12.9. The summed E-state index contributed by atoms with van der Waals surface area (Å²) >= 11 is 3.38. The Bertz CT molecular complexity index is 793. The fourth-order valence-electron chi connectivity index (χ4n) is 3.11. The molecule has 3 rings (SSSR count). The highest BCUT2D eigenvalue weighted by atomic mass is 79.9. The van der Waals surface area contributed by atoms with Gasteiger partial charge in [-0.2, -0.15) is 5.10 Å². The molecule has 1 aliphatic heterocycles. The number of rotatable bonds is 5. The van der Waals surface area contributed by atoms with Crippen LogP contribution in [0.5, 0.6) is 0 Å². The quantitative estimate of drug-likeness (QED) is 0.727. The predicted octanol–water partition coefficient (Wildman–Crippen LogP) is 3.36. The molecule has 2 aromatic rings. The molecule has 6 nitrogen and oxygen atoms in total. The van der Waals surface area contributed by atoms with Crippen LogP contribution in [-0.2, 0) is 4.79 Å². The topological polar surface area (TPSA) is 58.4 Å². The fraction of sp³-hybridized carbons (Fsp3) is 0.450. The van der Waals surface area contributed by atoms with E-state index in [2.05, 4.69) is 34.9 Å². The molecule has 0 unspecified atom stereocenters. The monoisotopic (exact) mass is 432 g/mol. The van der Waals surface area contributed by atoms with Crippen molar-refractivity contribution in [2.75, 3.05) is 26.2 Å². The van der Waals surface area contributed by atoms with Gasteiger partial charge in [0.1, 0.15) is 0 Å². The summed E-state index contributed by atoms with van der Waals surface area (Å²) in [7, 11) is 0. The summed E-state index contributed by atoms with van der Waals surface area (Å²) in [5, 5.41) is 4.24. The van der Waals surface area contributed by atoms with Crippen LogP contribution in [0.15, 0.2) is 41.1 Å². The van der Waals surface area contributed by atoms with E-state index in [1.165, 1.54) is 0 Å². The zero-order valence-corrected chi connectivity index (χ0v) is 17.4. The maximum atomic E-state index is 12.7. The van der Waals surface area contributed by atoms with Crippen LogP contribution in [0.4, 0.5) is 0 Å². The Morgan fingerprint density at radius 3 is 2.26 bits per heavy atom. The molecule has 1 aliphatic rings.